The van der Waals surface area contributed by atoms with Crippen LogP contribution in [0.15, 0.2) is 103 Å². The minimum Gasteiger partial charge on any atom is -0.491 e. The van der Waals surface area contributed by atoms with Gasteiger partial charge in [-0.3, -0.25) is 0 Å². The molecule has 1 fully saturated rings. The molecule has 0 aromatic heterocycles. The van der Waals surface area contributed by atoms with Crippen LogP contribution in [0.3, 0.4) is 0 Å². The average molecular weight is 1500 g/mol. The summed E-state index contributed by atoms with van der Waals surface area (Å²) in [4.78, 5) is 0. The van der Waals surface area contributed by atoms with Crippen LogP contribution in [-0.2, 0) is 114 Å². The van der Waals surface area contributed by atoms with Crippen molar-refractivity contribution < 1.29 is 139 Å². The molecule has 4 aromatic rings. The first-order chi connectivity index (χ1) is 52.0. The number of aliphatic hydroxyl groups excluding tert-OH is 4. The zero-order valence-electron chi connectivity index (χ0n) is 61.4. The Morgan fingerprint density at radius 2 is 0.400 bits per heavy atom. The SMILES string of the molecule is OC[C@H]1O[C@H](OCCOCCOCCOCCOCCOCCOCCOCCOCCOCCOCCOCCOCCOCCOCCOCCOCCOCCOCCOCCOCCOCCOCCOc2ccc(-c3ccc(-c4ccc(-c5ccccc5)cc4)cc3)cc2)[C@@H](O)[C@@H](O)[C@@H]1O. The molecule has 0 bridgehead atoms. The van der Waals surface area contributed by atoms with Crippen molar-refractivity contribution in [3.05, 3.63) is 103 Å². The number of hydrogen-bond donors (Lipinski definition) is 4. The summed E-state index contributed by atoms with van der Waals surface area (Å²) >= 11 is 0. The van der Waals surface area contributed by atoms with Gasteiger partial charge in [-0.2, -0.15) is 0 Å². The molecule has 0 radical (unpaired) electrons. The topological polar surface area (TPSA) is 312 Å². The molecule has 4 aromatic carbocycles. The van der Waals surface area contributed by atoms with Crippen LogP contribution in [0.4, 0.5) is 0 Å². The average Bonchev–Trinajstić information content (AvgIpc) is 0.825. The maximum absolute atomic E-state index is 9.96. The zero-order valence-corrected chi connectivity index (χ0v) is 61.4. The first kappa shape index (κ1) is 91.2. The van der Waals surface area contributed by atoms with Gasteiger partial charge in [-0.25, -0.2) is 0 Å². The normalized spacial score (nSPS) is 16.1. The molecule has 5 atom stereocenters. The third-order valence-electron chi connectivity index (χ3n) is 15.1. The van der Waals surface area contributed by atoms with Gasteiger partial charge < -0.3 is 139 Å². The van der Waals surface area contributed by atoms with Gasteiger partial charge in [0.25, 0.3) is 0 Å². The van der Waals surface area contributed by atoms with E-state index >= 15 is 0 Å². The maximum atomic E-state index is 9.96. The largest absolute Gasteiger partial charge is 0.491 e. The predicted octanol–water partition coefficient (Wildman–Crippen LogP) is 4.25. The third-order valence-corrected chi connectivity index (χ3v) is 15.1. The summed E-state index contributed by atoms with van der Waals surface area (Å²) in [6.07, 6.45) is -6.56. The summed E-state index contributed by atoms with van der Waals surface area (Å²) in [6, 6.07) is 35.9. The molecule has 29 nitrogen and oxygen atoms in total. The van der Waals surface area contributed by atoms with E-state index in [4.69, 9.17) is 118 Å². The smallest absolute Gasteiger partial charge is 0.186 e. The Balaban J connectivity index is 0.605. The molecule has 1 heterocycles. The lowest BCUT2D eigenvalue weighted by molar-refractivity contribution is -0.302. The van der Waals surface area contributed by atoms with Gasteiger partial charge in [0.15, 0.2) is 6.29 Å². The second-order valence-electron chi connectivity index (χ2n) is 22.9. The van der Waals surface area contributed by atoms with Crippen LogP contribution in [0, 0.1) is 0 Å². The lowest BCUT2D eigenvalue weighted by Gasteiger charge is -2.39. The van der Waals surface area contributed by atoms with Crippen LogP contribution in [0.2, 0.25) is 0 Å². The Bertz CT molecular complexity index is 2500. The minimum absolute atomic E-state index is 0.0755. The molecule has 0 saturated carbocycles. The Labute approximate surface area is 620 Å². The highest BCUT2D eigenvalue weighted by molar-refractivity contribution is 5.73. The summed E-state index contributed by atoms with van der Waals surface area (Å²) in [5.41, 5.74) is 7.10. The predicted molar refractivity (Wildman–Crippen MR) is 386 cm³/mol. The zero-order chi connectivity index (χ0) is 73.9. The summed E-state index contributed by atoms with van der Waals surface area (Å²) in [5, 5.41) is 38.8. The fourth-order valence-electron chi connectivity index (χ4n) is 9.45. The Kier molecular flexibility index (Phi) is 57.8. The highest BCUT2D eigenvalue weighted by atomic mass is 16.7. The van der Waals surface area contributed by atoms with Crippen molar-refractivity contribution in [2.24, 2.45) is 0 Å². The quantitative estimate of drug-likeness (QED) is 0.0449. The Morgan fingerprint density at radius 1 is 0.210 bits per heavy atom. The number of rotatable bonds is 75. The van der Waals surface area contributed by atoms with Gasteiger partial charge in [-0.05, 0) is 45.5 Å². The van der Waals surface area contributed by atoms with Crippen molar-refractivity contribution in [2.75, 3.05) is 311 Å². The van der Waals surface area contributed by atoms with Crippen molar-refractivity contribution >= 4 is 0 Å². The molecule has 1 saturated heterocycles. The van der Waals surface area contributed by atoms with E-state index in [0.717, 1.165) is 16.9 Å². The molecule has 0 spiro atoms. The van der Waals surface area contributed by atoms with Crippen molar-refractivity contribution in [1.82, 2.24) is 0 Å². The third kappa shape index (κ3) is 48.0. The van der Waals surface area contributed by atoms with Crippen LogP contribution < -0.4 is 4.74 Å². The van der Waals surface area contributed by atoms with Crippen LogP contribution in [0.25, 0.3) is 33.4 Å². The molecule has 1 aliphatic rings. The van der Waals surface area contributed by atoms with Crippen LogP contribution >= 0.6 is 0 Å². The van der Waals surface area contributed by atoms with Gasteiger partial charge >= 0.3 is 0 Å². The second-order valence-corrected chi connectivity index (χ2v) is 22.9. The number of benzene rings is 4. The molecule has 1 aliphatic heterocycles. The van der Waals surface area contributed by atoms with Gasteiger partial charge in [0.1, 0.15) is 36.8 Å². The molecule has 105 heavy (non-hydrogen) atoms. The minimum atomic E-state index is -1.48. The summed E-state index contributed by atoms with van der Waals surface area (Å²) in [7, 11) is 0. The van der Waals surface area contributed by atoms with E-state index in [1.807, 2.05) is 18.2 Å². The van der Waals surface area contributed by atoms with E-state index in [2.05, 4.69) is 84.9 Å². The molecule has 29 heteroatoms. The van der Waals surface area contributed by atoms with Gasteiger partial charge in [-0.1, -0.05) is 91.0 Å². The summed E-state index contributed by atoms with van der Waals surface area (Å²) in [6.45, 7) is 20.0. The maximum Gasteiger partial charge on any atom is 0.186 e. The van der Waals surface area contributed by atoms with Gasteiger partial charge in [-0.15, -0.1) is 0 Å². The van der Waals surface area contributed by atoms with E-state index in [0.29, 0.717) is 291 Å². The van der Waals surface area contributed by atoms with E-state index in [-0.39, 0.29) is 13.2 Å². The van der Waals surface area contributed by atoms with Crippen molar-refractivity contribution in [3.63, 3.8) is 0 Å². The lowest BCUT2D eigenvalue weighted by atomic mass is 9.98. The van der Waals surface area contributed by atoms with Crippen molar-refractivity contribution in [2.45, 2.75) is 30.7 Å². The van der Waals surface area contributed by atoms with Crippen LogP contribution in [-0.4, -0.2) is 362 Å². The van der Waals surface area contributed by atoms with Gasteiger partial charge in [0.2, 0.25) is 0 Å². The van der Waals surface area contributed by atoms with Crippen molar-refractivity contribution in [1.29, 1.82) is 0 Å². The Hall–Kier alpha value is -4.44. The molecular weight excluding hydrogens is 1380 g/mol. The number of ether oxygens (including phenoxy) is 25. The van der Waals surface area contributed by atoms with Gasteiger partial charge in [0.05, 0.1) is 304 Å². The highest BCUT2D eigenvalue weighted by Crippen LogP contribution is 2.29. The molecular formula is C76H120O29. The summed E-state index contributed by atoms with van der Waals surface area (Å²) in [5.74, 6) is 0.804. The molecule has 0 unspecified atom stereocenters. The molecule has 0 aliphatic carbocycles. The fourth-order valence-corrected chi connectivity index (χ4v) is 9.45. The molecule has 598 valence electrons. The molecule has 5 rings (SSSR count). The number of hydrogen-bond acceptors (Lipinski definition) is 29. The van der Waals surface area contributed by atoms with Crippen molar-refractivity contribution in [3.8, 4) is 39.1 Å². The van der Waals surface area contributed by atoms with E-state index in [1.54, 1.807) is 0 Å². The fraction of sp³-hybridized carbons (Fsp3) is 0.684. The standard InChI is InChI=1S/C76H120O29/c77-64-72-73(78)74(79)75(80)76(105-72)104-63-61-102-59-57-100-55-53-98-51-49-96-47-45-94-43-41-92-39-37-90-35-33-88-31-29-86-27-25-84-23-21-82-19-18-81-20-22-83-24-26-85-28-30-87-32-34-89-36-38-91-40-42-93-44-46-95-48-50-97-52-54-99-56-58-101-60-62-103-71-16-14-70(15-17-71)69-12-10-68(11-13-69)67-8-6-66(7-9-67)65-4-2-1-3-5-65/h1-17,72-80H,18-64H2/t72-,73-,74+,75+,76+/m1/s1. The second kappa shape index (κ2) is 66.5. The monoisotopic (exact) mass is 1500 g/mol. The first-order valence-corrected chi connectivity index (χ1v) is 36.6. The van der Waals surface area contributed by atoms with Gasteiger partial charge in [0, 0.05) is 0 Å². The van der Waals surface area contributed by atoms with E-state index < -0.39 is 37.3 Å². The Morgan fingerprint density at radius 3 is 0.619 bits per heavy atom. The molecule has 4 N–H and O–H groups in total. The number of aliphatic hydroxyl groups is 4. The molecule has 0 amide bonds. The summed E-state index contributed by atoms with van der Waals surface area (Å²) < 4.78 is 138. The highest BCUT2D eigenvalue weighted by Gasteiger charge is 2.44. The van der Waals surface area contributed by atoms with E-state index in [9.17, 15) is 20.4 Å². The lowest BCUT2D eigenvalue weighted by Crippen LogP contribution is -2.59. The van der Waals surface area contributed by atoms with Crippen LogP contribution in [0.1, 0.15) is 0 Å². The van der Waals surface area contributed by atoms with E-state index in [1.165, 1.54) is 22.3 Å². The van der Waals surface area contributed by atoms with Crippen LogP contribution in [0.5, 0.6) is 5.75 Å². The first-order valence-electron chi connectivity index (χ1n) is 36.6.